The Kier molecular flexibility index (Phi) is 2.83. The zero-order chi connectivity index (χ0) is 14.2. The Bertz CT molecular complexity index is 871. The molecular formula is C13H12N4O2S. The standard InChI is InChI=1S/C13H12N4O2S/c14-10-5-1-2-6-11(10)17-20(18,19)12-8-16-13-9(12)4-3-7-15-13/h1-8,17H,14H2,(H,15,16). The Morgan fingerprint density at radius 3 is 2.75 bits per heavy atom. The molecule has 4 N–H and O–H groups in total. The van der Waals surface area contributed by atoms with Crippen molar-refractivity contribution in [1.29, 1.82) is 0 Å². The predicted molar refractivity (Wildman–Crippen MR) is 77.8 cm³/mol. The predicted octanol–water partition coefficient (Wildman–Crippen LogP) is 1.95. The highest BCUT2D eigenvalue weighted by atomic mass is 32.2. The van der Waals surface area contributed by atoms with Gasteiger partial charge in [-0.05, 0) is 24.3 Å². The van der Waals surface area contributed by atoms with Crippen LogP contribution in [-0.4, -0.2) is 18.4 Å². The van der Waals surface area contributed by atoms with Gasteiger partial charge in [0.15, 0.2) is 0 Å². The monoisotopic (exact) mass is 288 g/mol. The molecule has 0 saturated heterocycles. The molecule has 0 bridgehead atoms. The molecule has 0 aliphatic rings. The van der Waals surface area contributed by atoms with Gasteiger partial charge in [-0.25, -0.2) is 13.4 Å². The highest BCUT2D eigenvalue weighted by Crippen LogP contribution is 2.25. The molecule has 102 valence electrons. The van der Waals surface area contributed by atoms with E-state index in [1.807, 2.05) is 0 Å². The highest BCUT2D eigenvalue weighted by molar-refractivity contribution is 7.93. The van der Waals surface area contributed by atoms with Gasteiger partial charge in [0.25, 0.3) is 10.0 Å². The lowest BCUT2D eigenvalue weighted by atomic mass is 10.3. The number of rotatable bonds is 3. The molecular weight excluding hydrogens is 276 g/mol. The molecule has 0 saturated carbocycles. The number of anilines is 2. The molecule has 2 heterocycles. The fourth-order valence-corrected chi connectivity index (χ4v) is 3.20. The summed E-state index contributed by atoms with van der Waals surface area (Å²) in [5.74, 6) is 0. The molecule has 0 radical (unpaired) electrons. The smallest absolute Gasteiger partial charge is 0.264 e. The minimum absolute atomic E-state index is 0.142. The number of H-pyrrole nitrogens is 1. The largest absolute Gasteiger partial charge is 0.397 e. The van der Waals surface area contributed by atoms with E-state index in [-0.39, 0.29) is 4.90 Å². The van der Waals surface area contributed by atoms with Crippen molar-refractivity contribution in [2.75, 3.05) is 10.5 Å². The second kappa shape index (κ2) is 4.53. The third-order valence-electron chi connectivity index (χ3n) is 2.91. The Labute approximate surface area is 115 Å². The molecule has 0 spiro atoms. The number of benzene rings is 1. The van der Waals surface area contributed by atoms with Crippen LogP contribution in [0.2, 0.25) is 0 Å². The van der Waals surface area contributed by atoms with E-state index in [9.17, 15) is 8.42 Å². The fourth-order valence-electron chi connectivity index (χ4n) is 1.94. The van der Waals surface area contributed by atoms with Crippen LogP contribution in [-0.2, 0) is 10.0 Å². The van der Waals surface area contributed by atoms with E-state index in [0.717, 1.165) is 0 Å². The summed E-state index contributed by atoms with van der Waals surface area (Å²) in [7, 11) is -3.72. The van der Waals surface area contributed by atoms with Crippen molar-refractivity contribution in [3.8, 4) is 0 Å². The van der Waals surface area contributed by atoms with E-state index in [4.69, 9.17) is 5.73 Å². The van der Waals surface area contributed by atoms with Gasteiger partial charge < -0.3 is 10.7 Å². The SMILES string of the molecule is Nc1ccccc1NS(=O)(=O)c1c[nH]c2ncccc12. The van der Waals surface area contributed by atoms with Gasteiger partial charge in [0.05, 0.1) is 11.4 Å². The van der Waals surface area contributed by atoms with Crippen molar-refractivity contribution in [2.24, 2.45) is 0 Å². The Morgan fingerprint density at radius 1 is 1.15 bits per heavy atom. The van der Waals surface area contributed by atoms with Crippen LogP contribution >= 0.6 is 0 Å². The van der Waals surface area contributed by atoms with Gasteiger partial charge in [0.1, 0.15) is 10.5 Å². The van der Waals surface area contributed by atoms with E-state index >= 15 is 0 Å². The summed E-state index contributed by atoms with van der Waals surface area (Å²) < 4.78 is 27.3. The minimum Gasteiger partial charge on any atom is -0.397 e. The summed E-state index contributed by atoms with van der Waals surface area (Å²) in [5.41, 5.74) is 6.99. The molecule has 0 amide bonds. The quantitative estimate of drug-likeness (QED) is 0.641. The topological polar surface area (TPSA) is 101 Å². The van der Waals surface area contributed by atoms with Gasteiger partial charge in [-0.15, -0.1) is 0 Å². The lowest BCUT2D eigenvalue weighted by Gasteiger charge is -2.09. The van der Waals surface area contributed by atoms with Crippen molar-refractivity contribution < 1.29 is 8.42 Å². The van der Waals surface area contributed by atoms with Crippen LogP contribution in [0.3, 0.4) is 0 Å². The van der Waals surface area contributed by atoms with Gasteiger partial charge >= 0.3 is 0 Å². The number of hydrogen-bond acceptors (Lipinski definition) is 4. The summed E-state index contributed by atoms with van der Waals surface area (Å²) in [6.07, 6.45) is 3.01. The first-order valence-corrected chi connectivity index (χ1v) is 7.36. The van der Waals surface area contributed by atoms with Gasteiger partial charge in [0, 0.05) is 17.8 Å². The summed E-state index contributed by atoms with van der Waals surface area (Å²) in [5, 5.41) is 0.537. The number of nitrogens with two attached hydrogens (primary N) is 1. The molecule has 6 nitrogen and oxygen atoms in total. The zero-order valence-electron chi connectivity index (χ0n) is 10.4. The average Bonchev–Trinajstić information content (AvgIpc) is 2.86. The Hall–Kier alpha value is -2.54. The first-order chi connectivity index (χ1) is 9.58. The molecule has 1 aromatic carbocycles. The summed E-state index contributed by atoms with van der Waals surface area (Å²) >= 11 is 0. The number of aromatic nitrogens is 2. The third-order valence-corrected chi connectivity index (χ3v) is 4.31. The van der Waals surface area contributed by atoms with E-state index in [1.54, 1.807) is 42.6 Å². The molecule has 2 aromatic heterocycles. The van der Waals surface area contributed by atoms with Crippen molar-refractivity contribution in [3.05, 3.63) is 48.8 Å². The van der Waals surface area contributed by atoms with Crippen LogP contribution in [0.4, 0.5) is 11.4 Å². The second-order valence-electron chi connectivity index (χ2n) is 4.25. The molecule has 3 aromatic rings. The van der Waals surface area contributed by atoms with Crippen molar-refractivity contribution in [1.82, 2.24) is 9.97 Å². The molecule has 0 unspecified atom stereocenters. The number of pyridine rings is 1. The maximum atomic E-state index is 12.4. The van der Waals surface area contributed by atoms with Crippen LogP contribution < -0.4 is 10.5 Å². The van der Waals surface area contributed by atoms with Crippen LogP contribution in [0.5, 0.6) is 0 Å². The molecule has 7 heteroatoms. The summed E-state index contributed by atoms with van der Waals surface area (Å²) in [6, 6.07) is 10.1. The van der Waals surface area contributed by atoms with E-state index in [2.05, 4.69) is 14.7 Å². The molecule has 0 aliphatic carbocycles. The van der Waals surface area contributed by atoms with E-state index in [0.29, 0.717) is 22.4 Å². The number of fused-ring (bicyclic) bond motifs is 1. The third kappa shape index (κ3) is 2.08. The van der Waals surface area contributed by atoms with Crippen molar-refractivity contribution >= 4 is 32.4 Å². The van der Waals surface area contributed by atoms with Gasteiger partial charge in [0.2, 0.25) is 0 Å². The first kappa shape index (κ1) is 12.5. The summed E-state index contributed by atoms with van der Waals surface area (Å²) in [6.45, 7) is 0. The number of hydrogen-bond donors (Lipinski definition) is 3. The number of nitrogen functional groups attached to an aromatic ring is 1. The van der Waals surface area contributed by atoms with Gasteiger partial charge in [-0.3, -0.25) is 4.72 Å². The zero-order valence-corrected chi connectivity index (χ0v) is 11.2. The molecule has 0 fully saturated rings. The Balaban J connectivity index is 2.07. The van der Waals surface area contributed by atoms with Crippen molar-refractivity contribution in [2.45, 2.75) is 4.90 Å². The maximum absolute atomic E-state index is 12.4. The first-order valence-electron chi connectivity index (χ1n) is 5.87. The normalized spacial score (nSPS) is 11.6. The highest BCUT2D eigenvalue weighted by Gasteiger charge is 2.20. The van der Waals surface area contributed by atoms with Crippen LogP contribution in [0.15, 0.2) is 53.7 Å². The van der Waals surface area contributed by atoms with Gasteiger partial charge in [-0.1, -0.05) is 12.1 Å². The molecule has 20 heavy (non-hydrogen) atoms. The maximum Gasteiger partial charge on any atom is 0.264 e. The van der Waals surface area contributed by atoms with E-state index in [1.165, 1.54) is 6.20 Å². The number of nitrogens with zero attached hydrogens (tertiary/aromatic N) is 1. The number of nitrogens with one attached hydrogen (secondary N) is 2. The minimum atomic E-state index is -3.72. The van der Waals surface area contributed by atoms with Crippen LogP contribution in [0.25, 0.3) is 11.0 Å². The van der Waals surface area contributed by atoms with Gasteiger partial charge in [-0.2, -0.15) is 0 Å². The fraction of sp³-hybridized carbons (Fsp3) is 0. The Morgan fingerprint density at radius 2 is 1.95 bits per heavy atom. The molecule has 0 atom stereocenters. The number of sulfonamides is 1. The van der Waals surface area contributed by atoms with Crippen LogP contribution in [0.1, 0.15) is 0 Å². The average molecular weight is 288 g/mol. The number of aromatic amines is 1. The van der Waals surface area contributed by atoms with Crippen LogP contribution in [0, 0.1) is 0 Å². The number of para-hydroxylation sites is 2. The lowest BCUT2D eigenvalue weighted by Crippen LogP contribution is -2.13. The second-order valence-corrected chi connectivity index (χ2v) is 5.90. The lowest BCUT2D eigenvalue weighted by molar-refractivity contribution is 0.602. The van der Waals surface area contributed by atoms with Crippen molar-refractivity contribution in [3.63, 3.8) is 0 Å². The molecule has 0 aliphatic heterocycles. The van der Waals surface area contributed by atoms with E-state index < -0.39 is 10.0 Å². The summed E-state index contributed by atoms with van der Waals surface area (Å²) in [4.78, 5) is 7.04. The molecule has 3 rings (SSSR count).